The molecular weight excluding hydrogens is 359 g/mol. The molecule has 1 unspecified atom stereocenters. The number of carbonyl (C=O) groups excluding carboxylic acids is 1. The molecule has 0 aliphatic rings. The summed E-state index contributed by atoms with van der Waals surface area (Å²) in [4.78, 5) is 12.8. The maximum atomic E-state index is 12.8. The number of halogens is 2. The number of nitrogens with zero attached hydrogens (tertiary/aromatic N) is 1. The number of benzene rings is 2. The molecule has 1 atom stereocenters. The molecule has 0 bridgehead atoms. The van der Waals surface area contributed by atoms with Gasteiger partial charge in [0, 0.05) is 5.56 Å². The number of aryl methyl sites for hydroxylation is 1. The predicted octanol–water partition coefficient (Wildman–Crippen LogP) is 5.45. The summed E-state index contributed by atoms with van der Waals surface area (Å²) < 4.78 is 5.24. The molecule has 0 saturated heterocycles. The van der Waals surface area contributed by atoms with E-state index in [1.807, 2.05) is 43.3 Å². The van der Waals surface area contributed by atoms with Gasteiger partial charge in [0.15, 0.2) is 0 Å². The predicted molar refractivity (Wildman–Crippen MR) is 99.0 cm³/mol. The third-order valence-corrected chi connectivity index (χ3v) is 4.67. The molecule has 1 amide bonds. The maximum Gasteiger partial charge on any atom is 0.257 e. The SMILES string of the molecule is Cc1onc(-c2ccccc2)c1C(=O)NC(C)c1ccc(Cl)c(Cl)c1. The fourth-order valence-corrected chi connectivity index (χ4v) is 2.87. The molecule has 1 N–H and O–H groups in total. The van der Waals surface area contributed by atoms with E-state index in [9.17, 15) is 4.79 Å². The second kappa shape index (κ2) is 7.30. The normalized spacial score (nSPS) is 12.0. The average Bonchev–Trinajstić information content (AvgIpc) is 2.99. The zero-order valence-corrected chi connectivity index (χ0v) is 15.2. The van der Waals surface area contributed by atoms with E-state index in [1.54, 1.807) is 19.1 Å². The van der Waals surface area contributed by atoms with Gasteiger partial charge in [-0.1, -0.05) is 64.8 Å². The molecule has 1 aromatic heterocycles. The Morgan fingerprint density at radius 3 is 2.52 bits per heavy atom. The molecule has 0 saturated carbocycles. The largest absolute Gasteiger partial charge is 0.360 e. The van der Waals surface area contributed by atoms with E-state index < -0.39 is 0 Å². The van der Waals surface area contributed by atoms with Crippen LogP contribution in [0.4, 0.5) is 0 Å². The fraction of sp³-hybridized carbons (Fsp3) is 0.158. The van der Waals surface area contributed by atoms with Crippen molar-refractivity contribution in [2.75, 3.05) is 0 Å². The lowest BCUT2D eigenvalue weighted by Crippen LogP contribution is -2.27. The van der Waals surface area contributed by atoms with Crippen LogP contribution in [0, 0.1) is 6.92 Å². The number of hydrogen-bond donors (Lipinski definition) is 1. The van der Waals surface area contributed by atoms with Crippen molar-refractivity contribution in [3.63, 3.8) is 0 Å². The zero-order chi connectivity index (χ0) is 18.0. The van der Waals surface area contributed by atoms with Gasteiger partial charge in [-0.25, -0.2) is 0 Å². The first-order chi connectivity index (χ1) is 12.0. The second-order valence-corrected chi connectivity index (χ2v) is 6.51. The first-order valence-corrected chi connectivity index (χ1v) is 8.50. The van der Waals surface area contributed by atoms with Crippen molar-refractivity contribution in [2.24, 2.45) is 0 Å². The van der Waals surface area contributed by atoms with E-state index in [0.717, 1.165) is 11.1 Å². The highest BCUT2D eigenvalue weighted by Gasteiger charge is 2.23. The highest BCUT2D eigenvalue weighted by molar-refractivity contribution is 6.42. The Bertz CT molecular complexity index is 907. The monoisotopic (exact) mass is 374 g/mol. The van der Waals surface area contributed by atoms with Crippen LogP contribution in [-0.2, 0) is 0 Å². The molecule has 0 aliphatic heterocycles. The Labute approximate surface area is 155 Å². The van der Waals surface area contributed by atoms with Gasteiger partial charge in [0.1, 0.15) is 17.0 Å². The van der Waals surface area contributed by atoms with Crippen LogP contribution in [-0.4, -0.2) is 11.1 Å². The van der Waals surface area contributed by atoms with E-state index in [-0.39, 0.29) is 11.9 Å². The minimum atomic E-state index is -0.254. The van der Waals surface area contributed by atoms with Gasteiger partial charge in [0.2, 0.25) is 0 Å². The van der Waals surface area contributed by atoms with Crippen LogP contribution in [0.1, 0.15) is 34.6 Å². The van der Waals surface area contributed by atoms with E-state index >= 15 is 0 Å². The summed E-state index contributed by atoms with van der Waals surface area (Å²) in [6.07, 6.45) is 0. The minimum Gasteiger partial charge on any atom is -0.360 e. The van der Waals surface area contributed by atoms with E-state index in [2.05, 4.69) is 10.5 Å². The molecule has 0 aliphatic carbocycles. The Morgan fingerprint density at radius 2 is 1.84 bits per heavy atom. The molecule has 25 heavy (non-hydrogen) atoms. The maximum absolute atomic E-state index is 12.8. The summed E-state index contributed by atoms with van der Waals surface area (Å²) in [5, 5.41) is 7.92. The van der Waals surface area contributed by atoms with Crippen molar-refractivity contribution < 1.29 is 9.32 Å². The van der Waals surface area contributed by atoms with Crippen molar-refractivity contribution in [1.82, 2.24) is 10.5 Å². The van der Waals surface area contributed by atoms with Crippen molar-refractivity contribution in [2.45, 2.75) is 19.9 Å². The third kappa shape index (κ3) is 3.70. The molecule has 0 spiro atoms. The fourth-order valence-electron chi connectivity index (χ4n) is 2.57. The number of rotatable bonds is 4. The molecule has 4 nitrogen and oxygen atoms in total. The van der Waals surface area contributed by atoms with Crippen LogP contribution in [0.15, 0.2) is 53.1 Å². The van der Waals surface area contributed by atoms with Crippen molar-refractivity contribution in [3.8, 4) is 11.3 Å². The summed E-state index contributed by atoms with van der Waals surface area (Å²) in [6.45, 7) is 3.60. The quantitative estimate of drug-likeness (QED) is 0.660. The number of carbonyl (C=O) groups is 1. The molecule has 3 aromatic rings. The first kappa shape index (κ1) is 17.5. The smallest absolute Gasteiger partial charge is 0.257 e. The van der Waals surface area contributed by atoms with E-state index in [1.165, 1.54) is 0 Å². The van der Waals surface area contributed by atoms with E-state index in [4.69, 9.17) is 27.7 Å². The summed E-state index contributed by atoms with van der Waals surface area (Å²) in [5.74, 6) is 0.217. The third-order valence-electron chi connectivity index (χ3n) is 3.93. The van der Waals surface area contributed by atoms with Crippen LogP contribution in [0.3, 0.4) is 0 Å². The van der Waals surface area contributed by atoms with Gasteiger partial charge >= 0.3 is 0 Å². The van der Waals surface area contributed by atoms with Crippen LogP contribution < -0.4 is 5.32 Å². The lowest BCUT2D eigenvalue weighted by atomic mass is 10.0. The van der Waals surface area contributed by atoms with Crippen molar-refractivity contribution >= 4 is 29.1 Å². The lowest BCUT2D eigenvalue weighted by Gasteiger charge is -2.15. The zero-order valence-electron chi connectivity index (χ0n) is 13.7. The van der Waals surface area contributed by atoms with Gasteiger partial charge in [-0.3, -0.25) is 4.79 Å². The van der Waals surface area contributed by atoms with Crippen molar-refractivity contribution in [1.29, 1.82) is 0 Å². The highest BCUT2D eigenvalue weighted by atomic mass is 35.5. The summed E-state index contributed by atoms with van der Waals surface area (Å²) in [7, 11) is 0. The first-order valence-electron chi connectivity index (χ1n) is 7.75. The molecule has 128 valence electrons. The van der Waals surface area contributed by atoms with Crippen LogP contribution in [0.2, 0.25) is 10.0 Å². The van der Waals surface area contributed by atoms with Crippen LogP contribution in [0.5, 0.6) is 0 Å². The van der Waals surface area contributed by atoms with E-state index in [0.29, 0.717) is 27.1 Å². The van der Waals surface area contributed by atoms with Gasteiger partial charge in [-0.05, 0) is 31.5 Å². The minimum absolute atomic E-state index is 0.250. The topological polar surface area (TPSA) is 55.1 Å². The standard InChI is InChI=1S/C19H16Cl2N2O2/c1-11(14-8-9-15(20)16(21)10-14)22-19(24)17-12(2)25-23-18(17)13-6-4-3-5-7-13/h3-11H,1-2H3,(H,22,24). The number of aromatic nitrogens is 1. The highest BCUT2D eigenvalue weighted by Crippen LogP contribution is 2.28. The summed E-state index contributed by atoms with van der Waals surface area (Å²) in [6, 6.07) is 14.5. The molecule has 0 radical (unpaired) electrons. The molecular formula is C19H16Cl2N2O2. The lowest BCUT2D eigenvalue weighted by molar-refractivity contribution is 0.0939. The Balaban J connectivity index is 1.86. The van der Waals surface area contributed by atoms with Gasteiger partial charge in [0.05, 0.1) is 16.1 Å². The Hall–Kier alpha value is -2.30. The molecule has 1 heterocycles. The number of hydrogen-bond acceptors (Lipinski definition) is 3. The van der Waals surface area contributed by atoms with Gasteiger partial charge in [-0.15, -0.1) is 0 Å². The Morgan fingerprint density at radius 1 is 1.12 bits per heavy atom. The second-order valence-electron chi connectivity index (χ2n) is 5.70. The Kier molecular flexibility index (Phi) is 5.11. The molecule has 0 fully saturated rings. The summed E-state index contributed by atoms with van der Waals surface area (Å²) in [5.41, 5.74) is 2.64. The number of nitrogens with one attached hydrogen (secondary N) is 1. The summed E-state index contributed by atoms with van der Waals surface area (Å²) >= 11 is 12.0. The molecule has 6 heteroatoms. The molecule has 2 aromatic carbocycles. The van der Waals surface area contributed by atoms with Crippen LogP contribution in [0.25, 0.3) is 11.3 Å². The van der Waals surface area contributed by atoms with Crippen LogP contribution >= 0.6 is 23.2 Å². The van der Waals surface area contributed by atoms with Gasteiger partial charge in [0.25, 0.3) is 5.91 Å². The number of amides is 1. The van der Waals surface area contributed by atoms with Gasteiger partial charge in [-0.2, -0.15) is 0 Å². The van der Waals surface area contributed by atoms with Gasteiger partial charge < -0.3 is 9.84 Å². The van der Waals surface area contributed by atoms with Crippen molar-refractivity contribution in [3.05, 3.63) is 75.5 Å². The molecule has 3 rings (SSSR count). The average molecular weight is 375 g/mol.